The van der Waals surface area contributed by atoms with Crippen molar-refractivity contribution in [1.29, 1.82) is 0 Å². The van der Waals surface area contributed by atoms with Crippen LogP contribution >= 0.6 is 0 Å². The van der Waals surface area contributed by atoms with E-state index in [-0.39, 0.29) is 0 Å². The molecule has 0 aromatic heterocycles. The summed E-state index contributed by atoms with van der Waals surface area (Å²) < 4.78 is 10.4. The number of nitrogens with zero attached hydrogens (tertiary/aromatic N) is 1. The van der Waals surface area contributed by atoms with Crippen LogP contribution in [0.25, 0.3) is 0 Å². The zero-order valence-corrected chi connectivity index (χ0v) is 16.7. The molecular weight excluding hydrogens is 318 g/mol. The van der Waals surface area contributed by atoms with Crippen LogP contribution in [0.15, 0.2) is 24.3 Å². The molecule has 0 bridgehead atoms. The van der Waals surface area contributed by atoms with Gasteiger partial charge in [-0.05, 0) is 38.3 Å². The molecule has 1 aromatic carbocycles. The molecule has 1 atom stereocenters. The van der Waals surface area contributed by atoms with Gasteiger partial charge in [0.1, 0.15) is 11.6 Å². The predicted molar refractivity (Wildman–Crippen MR) is 98.6 cm³/mol. The summed E-state index contributed by atoms with van der Waals surface area (Å²) in [5.41, 5.74) is 0.884. The van der Waals surface area contributed by atoms with Crippen LogP contribution in [0.1, 0.15) is 52.7 Å². The average molecular weight is 349 g/mol. The first-order valence-corrected chi connectivity index (χ1v) is 8.57. The summed E-state index contributed by atoms with van der Waals surface area (Å²) in [6.45, 7) is 11.3. The Morgan fingerprint density at radius 1 is 1.08 bits per heavy atom. The number of ether oxygens (including phenoxy) is 2. The Balaban J connectivity index is 3.23. The number of benzene rings is 1. The van der Waals surface area contributed by atoms with Gasteiger partial charge < -0.3 is 9.47 Å². The molecule has 0 aliphatic carbocycles. The lowest BCUT2D eigenvalue weighted by molar-refractivity contribution is -0.148. The minimum absolute atomic E-state index is 0.474. The molecular formula is C20H31NO4. The number of hydrogen-bond acceptors (Lipinski definition) is 4. The molecule has 0 unspecified atom stereocenters. The van der Waals surface area contributed by atoms with E-state index in [1.807, 2.05) is 38.1 Å². The highest BCUT2D eigenvalue weighted by atomic mass is 16.6. The van der Waals surface area contributed by atoms with Crippen molar-refractivity contribution < 1.29 is 19.1 Å². The highest BCUT2D eigenvalue weighted by Gasteiger charge is 2.43. The van der Waals surface area contributed by atoms with Crippen molar-refractivity contribution in [3.63, 3.8) is 0 Å². The lowest BCUT2D eigenvalue weighted by Crippen LogP contribution is -2.54. The van der Waals surface area contributed by atoms with Crippen LogP contribution in [0.3, 0.4) is 0 Å². The second-order valence-corrected chi connectivity index (χ2v) is 7.79. The van der Waals surface area contributed by atoms with E-state index in [1.165, 1.54) is 17.6 Å². The third-order valence-electron chi connectivity index (χ3n) is 4.28. The zero-order chi connectivity index (χ0) is 19.4. The molecule has 0 aliphatic heterocycles. The van der Waals surface area contributed by atoms with E-state index in [2.05, 4.69) is 6.92 Å². The Labute approximate surface area is 151 Å². The lowest BCUT2D eigenvalue weighted by Gasteiger charge is -2.39. The van der Waals surface area contributed by atoms with E-state index in [4.69, 9.17) is 9.47 Å². The summed E-state index contributed by atoms with van der Waals surface area (Å²) in [5.74, 6) is -0.474. The van der Waals surface area contributed by atoms with Crippen molar-refractivity contribution in [2.24, 2.45) is 0 Å². The smallest absolute Gasteiger partial charge is 0.410 e. The molecule has 1 amide bonds. The van der Waals surface area contributed by atoms with Gasteiger partial charge in [0.2, 0.25) is 0 Å². The maximum Gasteiger partial charge on any atom is 0.410 e. The fourth-order valence-corrected chi connectivity index (χ4v) is 2.82. The molecule has 0 heterocycles. The monoisotopic (exact) mass is 349 g/mol. The van der Waals surface area contributed by atoms with Crippen LogP contribution < -0.4 is 0 Å². The number of aryl methyl sites for hydroxylation is 1. The molecule has 0 saturated heterocycles. The maximum atomic E-state index is 12.5. The topological polar surface area (TPSA) is 55.8 Å². The lowest BCUT2D eigenvalue weighted by atomic mass is 9.76. The minimum Gasteiger partial charge on any atom is -0.467 e. The molecule has 0 N–H and O–H groups in total. The highest BCUT2D eigenvalue weighted by molar-refractivity contribution is 5.83. The number of amides is 1. The molecule has 0 radical (unpaired) electrons. The van der Waals surface area contributed by atoms with E-state index in [9.17, 15) is 9.59 Å². The van der Waals surface area contributed by atoms with Crippen molar-refractivity contribution in [1.82, 2.24) is 4.90 Å². The van der Waals surface area contributed by atoms with Gasteiger partial charge in [-0.15, -0.1) is 0 Å². The molecule has 0 fully saturated rings. The van der Waals surface area contributed by atoms with Gasteiger partial charge in [-0.25, -0.2) is 9.59 Å². The SMILES string of the molecule is CCc1ccc(C(C)(C)[C@@H](C(=O)OC)N(C)C(=O)OC(C)(C)C)cc1. The third kappa shape index (κ3) is 5.21. The van der Waals surface area contributed by atoms with Crippen molar-refractivity contribution >= 4 is 12.1 Å². The first-order chi connectivity index (χ1) is 11.4. The summed E-state index contributed by atoms with van der Waals surface area (Å²) >= 11 is 0. The first kappa shape index (κ1) is 21.0. The Bertz CT molecular complexity index is 599. The number of hydrogen-bond donors (Lipinski definition) is 0. The second-order valence-electron chi connectivity index (χ2n) is 7.79. The largest absolute Gasteiger partial charge is 0.467 e. The third-order valence-corrected chi connectivity index (χ3v) is 4.28. The quantitative estimate of drug-likeness (QED) is 0.756. The predicted octanol–water partition coefficient (Wildman–Crippen LogP) is 3.94. The first-order valence-electron chi connectivity index (χ1n) is 8.57. The van der Waals surface area contributed by atoms with Gasteiger partial charge in [0.05, 0.1) is 7.11 Å². The number of likely N-dealkylation sites (N-methyl/N-ethyl adjacent to an activating group) is 1. The second kappa shape index (κ2) is 7.89. The van der Waals surface area contributed by atoms with Gasteiger partial charge in [0, 0.05) is 12.5 Å². The molecule has 0 aliphatic rings. The van der Waals surface area contributed by atoms with Crippen LogP contribution in [0.5, 0.6) is 0 Å². The Morgan fingerprint density at radius 2 is 1.60 bits per heavy atom. The highest BCUT2D eigenvalue weighted by Crippen LogP contribution is 2.32. The average Bonchev–Trinajstić information content (AvgIpc) is 2.52. The fraction of sp³-hybridized carbons (Fsp3) is 0.600. The summed E-state index contributed by atoms with van der Waals surface area (Å²) in [7, 11) is 2.90. The van der Waals surface area contributed by atoms with Crippen LogP contribution in [-0.2, 0) is 26.1 Å². The Hall–Kier alpha value is -2.04. The molecule has 140 valence electrons. The summed E-state index contributed by atoms with van der Waals surface area (Å²) in [5, 5.41) is 0. The van der Waals surface area contributed by atoms with E-state index in [0.717, 1.165) is 12.0 Å². The maximum absolute atomic E-state index is 12.5. The molecule has 5 nitrogen and oxygen atoms in total. The standard InChI is InChI=1S/C20H31NO4/c1-9-14-10-12-15(13-11-14)20(5,6)16(17(22)24-8)21(7)18(23)25-19(2,3)4/h10-13,16H,9H2,1-8H3/t16-/m1/s1. The molecule has 1 rings (SSSR count). The minimum atomic E-state index is -0.806. The summed E-state index contributed by atoms with van der Waals surface area (Å²) in [6, 6.07) is 7.27. The molecule has 0 saturated carbocycles. The van der Waals surface area contributed by atoms with Crippen LogP contribution in [-0.4, -0.2) is 42.8 Å². The van der Waals surface area contributed by atoms with Gasteiger partial charge in [0.25, 0.3) is 0 Å². The number of esters is 1. The van der Waals surface area contributed by atoms with Gasteiger partial charge in [-0.2, -0.15) is 0 Å². The Morgan fingerprint density at radius 3 is 2.00 bits per heavy atom. The van der Waals surface area contributed by atoms with Crippen LogP contribution in [0.4, 0.5) is 4.79 Å². The van der Waals surface area contributed by atoms with E-state index in [0.29, 0.717) is 0 Å². The van der Waals surface area contributed by atoms with E-state index < -0.39 is 29.1 Å². The molecule has 5 heteroatoms. The van der Waals surface area contributed by atoms with Crippen molar-refractivity contribution in [3.8, 4) is 0 Å². The van der Waals surface area contributed by atoms with Crippen molar-refractivity contribution in [3.05, 3.63) is 35.4 Å². The van der Waals surface area contributed by atoms with Gasteiger partial charge in [-0.1, -0.05) is 45.0 Å². The summed E-state index contributed by atoms with van der Waals surface area (Å²) in [6.07, 6.45) is 0.389. The number of rotatable bonds is 5. The van der Waals surface area contributed by atoms with Crippen molar-refractivity contribution in [2.45, 2.75) is 65.0 Å². The van der Waals surface area contributed by atoms with Gasteiger partial charge in [0.15, 0.2) is 0 Å². The van der Waals surface area contributed by atoms with Crippen LogP contribution in [0.2, 0.25) is 0 Å². The zero-order valence-electron chi connectivity index (χ0n) is 16.7. The van der Waals surface area contributed by atoms with Gasteiger partial charge >= 0.3 is 12.1 Å². The number of carbonyl (C=O) groups is 2. The van der Waals surface area contributed by atoms with Crippen molar-refractivity contribution in [2.75, 3.05) is 14.2 Å². The van der Waals surface area contributed by atoms with Crippen LogP contribution in [0, 0.1) is 0 Å². The summed E-state index contributed by atoms with van der Waals surface area (Å²) in [4.78, 5) is 26.3. The number of methoxy groups -OCH3 is 1. The van der Waals surface area contributed by atoms with Gasteiger partial charge in [-0.3, -0.25) is 4.90 Å². The normalized spacial score (nSPS) is 13.1. The molecule has 0 spiro atoms. The molecule has 25 heavy (non-hydrogen) atoms. The van der Waals surface area contributed by atoms with E-state index >= 15 is 0 Å². The Kier molecular flexibility index (Phi) is 6.63. The van der Waals surface area contributed by atoms with E-state index in [1.54, 1.807) is 27.8 Å². The fourth-order valence-electron chi connectivity index (χ4n) is 2.82. The molecule has 1 aromatic rings. The number of carbonyl (C=O) groups excluding carboxylic acids is 2.